The van der Waals surface area contributed by atoms with E-state index in [4.69, 9.17) is 20.8 Å². The summed E-state index contributed by atoms with van der Waals surface area (Å²) < 4.78 is 16.7. The number of imide groups is 1. The summed E-state index contributed by atoms with van der Waals surface area (Å²) in [5.74, 6) is -0.0340. The molecule has 1 saturated heterocycles. The van der Waals surface area contributed by atoms with E-state index in [1.165, 1.54) is 19.2 Å². The number of nitrogens with zero attached hydrogens (tertiary/aromatic N) is 1. The summed E-state index contributed by atoms with van der Waals surface area (Å²) in [7, 11) is 1.24. The molecule has 34 heavy (non-hydrogen) atoms. The van der Waals surface area contributed by atoms with Crippen LogP contribution in [-0.2, 0) is 22.7 Å². The topological polar surface area (TPSA) is 86.0 Å². The van der Waals surface area contributed by atoms with Crippen molar-refractivity contribution in [1.82, 2.24) is 4.90 Å². The molecule has 0 spiro atoms. The molecule has 1 aliphatic rings. The average molecular weight is 610 g/mol. The number of amides is 2. The van der Waals surface area contributed by atoms with Crippen molar-refractivity contribution >= 4 is 69.1 Å². The van der Waals surface area contributed by atoms with Gasteiger partial charge in [0.15, 0.2) is 0 Å². The van der Waals surface area contributed by atoms with Gasteiger partial charge in [-0.15, -0.1) is 0 Å². The van der Waals surface area contributed by atoms with E-state index in [1.807, 2.05) is 42.5 Å². The van der Waals surface area contributed by atoms with E-state index >= 15 is 0 Å². The van der Waals surface area contributed by atoms with Crippen molar-refractivity contribution in [2.45, 2.75) is 13.2 Å². The summed E-state index contributed by atoms with van der Waals surface area (Å²) in [6.45, 7) is 0.323. The van der Waals surface area contributed by atoms with Crippen LogP contribution in [0.4, 0.5) is 4.79 Å². The van der Waals surface area contributed by atoms with Gasteiger partial charge in [-0.05, 0) is 88.0 Å². The number of esters is 1. The minimum Gasteiger partial charge on any atom is -0.488 e. The molecule has 0 bridgehead atoms. The molecule has 1 aromatic heterocycles. The zero-order valence-corrected chi connectivity index (χ0v) is 21.5. The van der Waals surface area contributed by atoms with E-state index in [9.17, 15) is 14.4 Å². The highest BCUT2D eigenvalue weighted by Gasteiger charge is 2.35. The second-order valence-corrected chi connectivity index (χ2v) is 9.72. The van der Waals surface area contributed by atoms with Gasteiger partial charge in [-0.25, -0.2) is 4.79 Å². The fourth-order valence-corrected chi connectivity index (χ4v) is 4.74. The lowest BCUT2D eigenvalue weighted by Crippen LogP contribution is -2.27. The second-order valence-electron chi connectivity index (χ2n) is 7.13. The van der Waals surface area contributed by atoms with E-state index in [2.05, 4.69) is 27.3 Å². The van der Waals surface area contributed by atoms with Crippen LogP contribution >= 0.6 is 46.0 Å². The lowest BCUT2D eigenvalue weighted by Gasteiger charge is -2.10. The first kappa shape index (κ1) is 24.4. The summed E-state index contributed by atoms with van der Waals surface area (Å²) in [5, 5.41) is 0.257. The van der Waals surface area contributed by atoms with E-state index in [0.717, 1.165) is 31.4 Å². The van der Waals surface area contributed by atoms with Crippen molar-refractivity contribution < 1.29 is 28.3 Å². The molecule has 0 N–H and O–H groups in total. The highest BCUT2D eigenvalue weighted by molar-refractivity contribution is 14.1. The Morgan fingerprint density at radius 3 is 2.62 bits per heavy atom. The Morgan fingerprint density at radius 2 is 1.91 bits per heavy atom. The Labute approximate surface area is 218 Å². The van der Waals surface area contributed by atoms with Crippen LogP contribution in [0, 0.1) is 3.57 Å². The zero-order chi connectivity index (χ0) is 24.2. The molecule has 0 saturated carbocycles. The van der Waals surface area contributed by atoms with Crippen LogP contribution in [0.3, 0.4) is 0 Å². The standard InChI is InChI=1S/C24H17ClINO6S/c1-31-23(29)20-9-7-17(33-20)12-27-22(28)21(34-24(27)30)11-15-4-8-19(18(26)10-15)32-13-14-2-5-16(25)6-3-14/h2-11H,12-13H2,1H3/b21-11+. The van der Waals surface area contributed by atoms with Crippen molar-refractivity contribution in [2.75, 3.05) is 7.11 Å². The number of thioether (sulfide) groups is 1. The Kier molecular flexibility index (Phi) is 7.64. The highest BCUT2D eigenvalue weighted by atomic mass is 127. The number of carbonyl (C=O) groups is 3. The second kappa shape index (κ2) is 10.7. The molecule has 4 rings (SSSR count). The van der Waals surface area contributed by atoms with Crippen LogP contribution in [0.5, 0.6) is 5.75 Å². The summed E-state index contributed by atoms with van der Waals surface area (Å²) >= 11 is 8.93. The molecule has 2 heterocycles. The Bertz CT molecular complexity index is 1290. The predicted molar refractivity (Wildman–Crippen MR) is 137 cm³/mol. The van der Waals surface area contributed by atoms with Crippen molar-refractivity contribution in [1.29, 1.82) is 0 Å². The molecule has 3 aromatic rings. The molecule has 2 amide bonds. The lowest BCUT2D eigenvalue weighted by atomic mass is 10.2. The first-order chi connectivity index (χ1) is 16.3. The number of carbonyl (C=O) groups excluding carboxylic acids is 3. The van der Waals surface area contributed by atoms with Gasteiger partial charge >= 0.3 is 5.97 Å². The molecule has 7 nitrogen and oxygen atoms in total. The van der Waals surface area contributed by atoms with Crippen LogP contribution < -0.4 is 4.74 Å². The van der Waals surface area contributed by atoms with Gasteiger partial charge in [0, 0.05) is 5.02 Å². The number of rotatable bonds is 7. The highest BCUT2D eigenvalue weighted by Crippen LogP contribution is 2.34. The molecule has 0 unspecified atom stereocenters. The normalized spacial score (nSPS) is 14.7. The fraction of sp³-hybridized carbons (Fsp3) is 0.125. The molecule has 2 aromatic carbocycles. The van der Waals surface area contributed by atoms with Crippen LogP contribution in [0.2, 0.25) is 5.02 Å². The number of halogens is 2. The van der Waals surface area contributed by atoms with Crippen LogP contribution in [0.1, 0.15) is 27.4 Å². The van der Waals surface area contributed by atoms with Crippen molar-refractivity contribution in [2.24, 2.45) is 0 Å². The zero-order valence-electron chi connectivity index (χ0n) is 17.7. The van der Waals surface area contributed by atoms with E-state index in [-0.39, 0.29) is 12.3 Å². The number of furan rings is 1. The van der Waals surface area contributed by atoms with Gasteiger partial charge in [0.2, 0.25) is 5.76 Å². The molecule has 174 valence electrons. The number of methoxy groups -OCH3 is 1. The summed E-state index contributed by atoms with van der Waals surface area (Å²) in [4.78, 5) is 38.1. The minimum atomic E-state index is -0.629. The molecular weight excluding hydrogens is 593 g/mol. The van der Waals surface area contributed by atoms with Crippen molar-refractivity contribution in [3.8, 4) is 5.75 Å². The van der Waals surface area contributed by atoms with Gasteiger partial charge in [-0.1, -0.05) is 29.8 Å². The third-order valence-corrected chi connectivity index (χ3v) is 6.80. The summed E-state index contributed by atoms with van der Waals surface area (Å²) in [6, 6.07) is 15.9. The smallest absolute Gasteiger partial charge is 0.373 e. The monoisotopic (exact) mass is 609 g/mol. The van der Waals surface area contributed by atoms with Gasteiger partial charge in [-0.2, -0.15) is 0 Å². The van der Waals surface area contributed by atoms with Crippen LogP contribution in [-0.4, -0.2) is 29.1 Å². The molecule has 1 aliphatic heterocycles. The molecule has 0 atom stereocenters. The third-order valence-electron chi connectivity index (χ3n) is 4.80. The third kappa shape index (κ3) is 5.65. The molecule has 0 aliphatic carbocycles. The number of hydrogen-bond donors (Lipinski definition) is 0. The maximum Gasteiger partial charge on any atom is 0.373 e. The van der Waals surface area contributed by atoms with Gasteiger partial charge < -0.3 is 13.9 Å². The predicted octanol–water partition coefficient (Wildman–Crippen LogP) is 6.14. The largest absolute Gasteiger partial charge is 0.488 e. The van der Waals surface area contributed by atoms with Gasteiger partial charge in [0.25, 0.3) is 11.1 Å². The molecule has 10 heteroatoms. The number of ether oxygens (including phenoxy) is 2. The fourth-order valence-electron chi connectivity index (χ4n) is 3.08. The molecule has 0 radical (unpaired) electrons. The number of benzene rings is 2. The first-order valence-corrected chi connectivity index (χ1v) is 12.2. The molecule has 1 fully saturated rings. The van der Waals surface area contributed by atoms with E-state index in [1.54, 1.807) is 6.08 Å². The minimum absolute atomic E-state index is 0.00737. The average Bonchev–Trinajstić information content (AvgIpc) is 3.39. The van der Waals surface area contributed by atoms with Crippen LogP contribution in [0.15, 0.2) is 63.9 Å². The van der Waals surface area contributed by atoms with Crippen molar-refractivity contribution in [3.63, 3.8) is 0 Å². The Hall–Kier alpha value is -2.76. The van der Waals surface area contributed by atoms with E-state index < -0.39 is 17.1 Å². The van der Waals surface area contributed by atoms with Gasteiger partial charge in [0.1, 0.15) is 18.1 Å². The van der Waals surface area contributed by atoms with Crippen LogP contribution in [0.25, 0.3) is 6.08 Å². The maximum absolute atomic E-state index is 12.8. The van der Waals surface area contributed by atoms with Gasteiger partial charge in [0.05, 0.1) is 22.1 Å². The van der Waals surface area contributed by atoms with Gasteiger partial charge in [-0.3, -0.25) is 14.5 Å². The Balaban J connectivity index is 1.43. The summed E-state index contributed by atoms with van der Waals surface area (Å²) in [5.41, 5.74) is 1.76. The maximum atomic E-state index is 12.8. The summed E-state index contributed by atoms with van der Waals surface area (Å²) in [6.07, 6.45) is 1.66. The SMILES string of the molecule is COC(=O)c1ccc(CN2C(=O)S/C(=C/c3ccc(OCc4ccc(Cl)cc4)c(I)c3)C2=O)o1. The first-order valence-electron chi connectivity index (χ1n) is 9.93. The quantitative estimate of drug-likeness (QED) is 0.181. The molecular formula is C24H17ClINO6S. The Morgan fingerprint density at radius 1 is 1.15 bits per heavy atom. The number of hydrogen-bond acceptors (Lipinski definition) is 7. The lowest BCUT2D eigenvalue weighted by molar-refractivity contribution is -0.123. The van der Waals surface area contributed by atoms with E-state index in [0.29, 0.717) is 28.0 Å². The van der Waals surface area contributed by atoms with Crippen molar-refractivity contribution in [3.05, 3.63) is 90.7 Å².